The summed E-state index contributed by atoms with van der Waals surface area (Å²) >= 11 is 3.41. The normalized spacial score (nSPS) is 11.7. The Morgan fingerprint density at radius 3 is 2.55 bits per heavy atom. The molecule has 0 fully saturated rings. The third kappa shape index (κ3) is 4.42. The molecule has 0 spiro atoms. The number of hydrogen-bond acceptors (Lipinski definition) is 3. The SMILES string of the molecule is CCCOc1ccc(/C=N\S(=O)(=O)c2ccccc2)cc1Br. The molecule has 0 N–H and O–H groups in total. The predicted molar refractivity (Wildman–Crippen MR) is 91.1 cm³/mol. The van der Waals surface area contributed by atoms with E-state index in [1.165, 1.54) is 18.3 Å². The van der Waals surface area contributed by atoms with Crippen molar-refractivity contribution in [2.75, 3.05) is 6.61 Å². The van der Waals surface area contributed by atoms with Gasteiger partial charge < -0.3 is 4.74 Å². The van der Waals surface area contributed by atoms with Crippen molar-refractivity contribution in [3.05, 3.63) is 58.6 Å². The Labute approximate surface area is 139 Å². The first-order chi connectivity index (χ1) is 10.5. The molecule has 0 aromatic heterocycles. The van der Waals surface area contributed by atoms with Crippen LogP contribution in [-0.4, -0.2) is 21.2 Å². The second kappa shape index (κ2) is 7.56. The summed E-state index contributed by atoms with van der Waals surface area (Å²) in [4.78, 5) is 0.174. The van der Waals surface area contributed by atoms with Crippen molar-refractivity contribution in [1.29, 1.82) is 0 Å². The summed E-state index contributed by atoms with van der Waals surface area (Å²) < 4.78 is 34.2. The van der Waals surface area contributed by atoms with Crippen LogP contribution in [0.4, 0.5) is 0 Å². The molecule has 2 rings (SSSR count). The van der Waals surface area contributed by atoms with Gasteiger partial charge in [-0.15, -0.1) is 0 Å². The molecule has 0 saturated carbocycles. The third-order valence-electron chi connectivity index (χ3n) is 2.80. The van der Waals surface area contributed by atoms with Crippen molar-refractivity contribution < 1.29 is 13.2 Å². The molecule has 2 aromatic rings. The van der Waals surface area contributed by atoms with Gasteiger partial charge in [0.05, 0.1) is 16.0 Å². The zero-order valence-electron chi connectivity index (χ0n) is 12.1. The van der Waals surface area contributed by atoms with Gasteiger partial charge in [0.15, 0.2) is 0 Å². The minimum absolute atomic E-state index is 0.174. The lowest BCUT2D eigenvalue weighted by Crippen LogP contribution is -1.98. The van der Waals surface area contributed by atoms with Gasteiger partial charge in [0.25, 0.3) is 10.0 Å². The molecule has 0 radical (unpaired) electrons. The molecule has 0 heterocycles. The summed E-state index contributed by atoms with van der Waals surface area (Å²) in [5.74, 6) is 0.727. The smallest absolute Gasteiger partial charge is 0.282 e. The zero-order chi connectivity index (χ0) is 16.0. The van der Waals surface area contributed by atoms with Crippen molar-refractivity contribution in [2.45, 2.75) is 18.2 Å². The predicted octanol–water partition coefficient (Wildman–Crippen LogP) is 4.05. The van der Waals surface area contributed by atoms with E-state index in [-0.39, 0.29) is 4.90 Å². The van der Waals surface area contributed by atoms with Crippen molar-refractivity contribution in [2.24, 2.45) is 4.40 Å². The highest BCUT2D eigenvalue weighted by atomic mass is 79.9. The number of halogens is 1. The fourth-order valence-electron chi connectivity index (χ4n) is 1.71. The van der Waals surface area contributed by atoms with Crippen LogP contribution in [0.1, 0.15) is 18.9 Å². The number of hydrogen-bond donors (Lipinski definition) is 0. The van der Waals surface area contributed by atoms with E-state index in [4.69, 9.17) is 4.74 Å². The number of benzene rings is 2. The number of sulfonamides is 1. The van der Waals surface area contributed by atoms with Crippen molar-refractivity contribution in [3.8, 4) is 5.75 Å². The highest BCUT2D eigenvalue weighted by Gasteiger charge is 2.10. The van der Waals surface area contributed by atoms with Gasteiger partial charge in [-0.25, -0.2) is 0 Å². The Morgan fingerprint density at radius 1 is 1.18 bits per heavy atom. The summed E-state index contributed by atoms with van der Waals surface area (Å²) in [5, 5.41) is 0. The van der Waals surface area contributed by atoms with E-state index in [0.717, 1.165) is 16.6 Å². The molecule has 0 saturated heterocycles. The molecule has 0 unspecified atom stereocenters. The van der Waals surface area contributed by atoms with E-state index in [9.17, 15) is 8.42 Å². The molecule has 0 aliphatic heterocycles. The fraction of sp³-hybridized carbons (Fsp3) is 0.188. The lowest BCUT2D eigenvalue weighted by atomic mass is 10.2. The van der Waals surface area contributed by atoms with Crippen molar-refractivity contribution in [3.63, 3.8) is 0 Å². The number of nitrogens with zero attached hydrogens (tertiary/aromatic N) is 1. The first-order valence-electron chi connectivity index (χ1n) is 6.80. The van der Waals surface area contributed by atoms with Crippen molar-refractivity contribution >= 4 is 32.2 Å². The van der Waals surface area contributed by atoms with Crippen LogP contribution in [0.5, 0.6) is 5.75 Å². The quantitative estimate of drug-likeness (QED) is 0.709. The van der Waals surface area contributed by atoms with Gasteiger partial charge in [0.2, 0.25) is 0 Å². The van der Waals surface area contributed by atoms with Crippen molar-refractivity contribution in [1.82, 2.24) is 0 Å². The molecule has 0 amide bonds. The summed E-state index contributed by atoms with van der Waals surface area (Å²) in [7, 11) is -3.67. The van der Waals surface area contributed by atoms with Crippen LogP contribution >= 0.6 is 15.9 Å². The molecular weight excluding hydrogens is 366 g/mol. The summed E-state index contributed by atoms with van der Waals surface area (Å²) in [6.07, 6.45) is 2.25. The van der Waals surface area contributed by atoms with Crippen LogP contribution in [0, 0.1) is 0 Å². The highest BCUT2D eigenvalue weighted by molar-refractivity contribution is 9.10. The molecule has 0 bridgehead atoms. The zero-order valence-corrected chi connectivity index (χ0v) is 14.5. The highest BCUT2D eigenvalue weighted by Crippen LogP contribution is 2.25. The van der Waals surface area contributed by atoms with Crippen LogP contribution in [0.2, 0.25) is 0 Å². The Bertz CT molecular complexity index is 758. The lowest BCUT2D eigenvalue weighted by molar-refractivity contribution is 0.315. The van der Waals surface area contributed by atoms with Gasteiger partial charge in [-0.1, -0.05) is 25.1 Å². The van der Waals surface area contributed by atoms with E-state index in [1.807, 2.05) is 6.92 Å². The Balaban J connectivity index is 2.18. The molecule has 22 heavy (non-hydrogen) atoms. The minimum atomic E-state index is -3.67. The molecule has 4 nitrogen and oxygen atoms in total. The standard InChI is InChI=1S/C16H16BrNO3S/c1-2-10-21-16-9-8-13(11-15(16)17)12-18-22(19,20)14-6-4-3-5-7-14/h3-9,11-12H,2,10H2,1H3/b18-12-. The Kier molecular flexibility index (Phi) is 5.74. The number of rotatable bonds is 6. The van der Waals surface area contributed by atoms with Gasteiger partial charge in [-0.05, 0) is 58.2 Å². The molecular formula is C16H16BrNO3S. The molecule has 116 valence electrons. The molecule has 0 aliphatic carbocycles. The molecule has 0 aliphatic rings. The minimum Gasteiger partial charge on any atom is -0.492 e. The largest absolute Gasteiger partial charge is 0.492 e. The summed E-state index contributed by atoms with van der Waals surface area (Å²) in [6.45, 7) is 2.66. The third-order valence-corrected chi connectivity index (χ3v) is 4.67. The molecule has 2 aromatic carbocycles. The maximum atomic E-state index is 12.1. The fourth-order valence-corrected chi connectivity index (χ4v) is 3.10. The van der Waals surface area contributed by atoms with Gasteiger partial charge in [-0.2, -0.15) is 12.8 Å². The van der Waals surface area contributed by atoms with Gasteiger partial charge >= 0.3 is 0 Å². The first-order valence-corrected chi connectivity index (χ1v) is 9.04. The Hall–Kier alpha value is -1.66. The van der Waals surface area contributed by atoms with Crippen LogP contribution < -0.4 is 4.74 Å². The summed E-state index contributed by atoms with van der Waals surface area (Å²) in [6, 6.07) is 13.5. The second-order valence-electron chi connectivity index (χ2n) is 4.56. The average Bonchev–Trinajstić information content (AvgIpc) is 2.53. The molecule has 6 heteroatoms. The lowest BCUT2D eigenvalue weighted by Gasteiger charge is -2.07. The topological polar surface area (TPSA) is 55.7 Å². The first kappa shape index (κ1) is 16.7. The summed E-state index contributed by atoms with van der Waals surface area (Å²) in [5.41, 5.74) is 0.676. The van der Waals surface area contributed by atoms with E-state index in [1.54, 1.807) is 36.4 Å². The van der Waals surface area contributed by atoms with Gasteiger partial charge in [0.1, 0.15) is 5.75 Å². The van der Waals surface area contributed by atoms with Gasteiger partial charge in [-0.3, -0.25) is 0 Å². The monoisotopic (exact) mass is 381 g/mol. The maximum absolute atomic E-state index is 12.1. The van der Waals surface area contributed by atoms with E-state index < -0.39 is 10.0 Å². The van der Waals surface area contributed by atoms with Crippen LogP contribution in [0.3, 0.4) is 0 Å². The molecule has 0 atom stereocenters. The van der Waals surface area contributed by atoms with E-state index in [0.29, 0.717) is 12.2 Å². The van der Waals surface area contributed by atoms with E-state index >= 15 is 0 Å². The second-order valence-corrected chi connectivity index (χ2v) is 7.05. The number of ether oxygens (including phenoxy) is 1. The van der Waals surface area contributed by atoms with Gasteiger partial charge in [0, 0.05) is 6.21 Å². The average molecular weight is 382 g/mol. The van der Waals surface area contributed by atoms with Crippen LogP contribution in [0.25, 0.3) is 0 Å². The Morgan fingerprint density at radius 2 is 1.91 bits per heavy atom. The van der Waals surface area contributed by atoms with Crippen LogP contribution in [0.15, 0.2) is 62.3 Å². The maximum Gasteiger partial charge on any atom is 0.282 e. The van der Waals surface area contributed by atoms with E-state index in [2.05, 4.69) is 20.3 Å². The van der Waals surface area contributed by atoms with Crippen LogP contribution in [-0.2, 0) is 10.0 Å².